The van der Waals surface area contributed by atoms with Gasteiger partial charge < -0.3 is 15.2 Å². The van der Waals surface area contributed by atoms with Crippen molar-refractivity contribution in [1.82, 2.24) is 9.97 Å². The first-order chi connectivity index (χ1) is 25.0. The average Bonchev–Trinajstić information content (AvgIpc) is 3.47. The van der Waals surface area contributed by atoms with Gasteiger partial charge in [0.1, 0.15) is 11.9 Å². The number of hydrogen-bond donors (Lipinski definition) is 3. The molecule has 3 N–H and O–H groups in total. The summed E-state index contributed by atoms with van der Waals surface area (Å²) in [5, 5.41) is 15.1. The van der Waals surface area contributed by atoms with Gasteiger partial charge in [-0.15, -0.1) is 18.3 Å². The van der Waals surface area contributed by atoms with Crippen molar-refractivity contribution >= 4 is 45.2 Å². The number of ketones is 1. The molecule has 0 spiro atoms. The van der Waals surface area contributed by atoms with Crippen LogP contribution in [0.4, 0.5) is 11.6 Å². The van der Waals surface area contributed by atoms with E-state index in [2.05, 4.69) is 47.4 Å². The number of sulfonamides is 1. The maximum absolute atomic E-state index is 13.7. The number of thioether (sulfide) groups is 1. The number of nitrogens with zero attached hydrogens (tertiary/aromatic N) is 2. The smallest absolute Gasteiger partial charge is 0.316 e. The van der Waals surface area contributed by atoms with E-state index >= 15 is 0 Å². The number of aliphatic hydroxyl groups is 1. The summed E-state index contributed by atoms with van der Waals surface area (Å²) in [6.07, 6.45) is 4.06. The van der Waals surface area contributed by atoms with Crippen molar-refractivity contribution in [2.45, 2.75) is 102 Å². The maximum atomic E-state index is 13.7. The first-order valence-electron chi connectivity index (χ1n) is 18.5. The molecule has 0 unspecified atom stereocenters. The van der Waals surface area contributed by atoms with Gasteiger partial charge in [0.25, 0.3) is 10.0 Å². The highest BCUT2D eigenvalue weighted by atomic mass is 32.2. The van der Waals surface area contributed by atoms with E-state index in [1.54, 1.807) is 32.0 Å². The molecule has 2 bridgehead atoms. The van der Waals surface area contributed by atoms with Gasteiger partial charge in [-0.05, 0) is 105 Å². The number of carbonyl (C=O) groups is 2. The third-order valence-electron chi connectivity index (χ3n) is 12.7. The molecule has 3 aliphatic rings. The molecule has 2 aromatic carbocycles. The molecule has 1 aromatic heterocycles. The number of hydrogen-bond acceptors (Lipinski definition) is 10. The molecule has 8 atom stereocenters. The number of carbonyl (C=O) groups excluding carboxylic acids is 2. The molecular weight excluding hydrogens is 709 g/mol. The van der Waals surface area contributed by atoms with Crippen LogP contribution in [0.3, 0.4) is 0 Å². The van der Waals surface area contributed by atoms with Gasteiger partial charge in [-0.3, -0.25) is 9.59 Å². The van der Waals surface area contributed by atoms with Gasteiger partial charge in [-0.2, -0.15) is 0 Å². The number of esters is 1. The summed E-state index contributed by atoms with van der Waals surface area (Å²) in [7, 11) is -3.87. The van der Waals surface area contributed by atoms with E-state index in [0.29, 0.717) is 30.8 Å². The van der Waals surface area contributed by atoms with Crippen LogP contribution in [0.1, 0.15) is 76.8 Å². The molecule has 53 heavy (non-hydrogen) atoms. The largest absolute Gasteiger partial charge is 0.461 e. The van der Waals surface area contributed by atoms with E-state index in [-0.39, 0.29) is 51.5 Å². The summed E-state index contributed by atoms with van der Waals surface area (Å²) in [6.45, 7) is 16.6. The molecule has 1 heterocycles. The summed E-state index contributed by atoms with van der Waals surface area (Å²) in [5.74, 6) is -0.145. The third kappa shape index (κ3) is 7.51. The summed E-state index contributed by atoms with van der Waals surface area (Å²) in [4.78, 5) is 36.7. The Morgan fingerprint density at radius 2 is 1.77 bits per heavy atom. The number of Topliss-reactive ketones (excluding diaryl/α,β-unsaturated/α-hetero) is 1. The highest BCUT2D eigenvalue weighted by Gasteiger charge is 2.68. The van der Waals surface area contributed by atoms with Gasteiger partial charge in [-0.25, -0.2) is 23.1 Å². The third-order valence-corrected chi connectivity index (χ3v) is 15.0. The molecule has 0 aliphatic heterocycles. The van der Waals surface area contributed by atoms with Crippen molar-refractivity contribution in [2.24, 2.45) is 34.0 Å². The van der Waals surface area contributed by atoms with Gasteiger partial charge in [0, 0.05) is 51.7 Å². The minimum absolute atomic E-state index is 0.0328. The number of aryl methyl sites for hydroxylation is 2. The number of aliphatic hydroxyl groups excluding tert-OH is 1. The summed E-state index contributed by atoms with van der Waals surface area (Å²) >= 11 is 1.39. The second-order valence-electron chi connectivity index (χ2n) is 16.0. The summed E-state index contributed by atoms with van der Waals surface area (Å²) in [5.41, 5.74) is 1.52. The predicted octanol–water partition coefficient (Wildman–Crippen LogP) is 7.50. The summed E-state index contributed by atoms with van der Waals surface area (Å²) < 4.78 is 34.7. The van der Waals surface area contributed by atoms with Crippen molar-refractivity contribution in [3.05, 3.63) is 84.2 Å². The molecule has 12 heteroatoms. The van der Waals surface area contributed by atoms with Crippen molar-refractivity contribution in [3.8, 4) is 0 Å². The Morgan fingerprint density at radius 1 is 1.08 bits per heavy atom. The van der Waals surface area contributed by atoms with Crippen LogP contribution in [-0.2, 0) is 30.9 Å². The fraction of sp³-hybridized carbons (Fsp3) is 0.512. The fourth-order valence-corrected chi connectivity index (χ4v) is 11.2. The minimum atomic E-state index is -3.87. The Labute approximate surface area is 318 Å². The van der Waals surface area contributed by atoms with Crippen LogP contribution >= 0.6 is 11.8 Å². The number of ether oxygens (including phenoxy) is 1. The lowest BCUT2D eigenvalue weighted by Gasteiger charge is -2.61. The molecule has 0 saturated heterocycles. The Morgan fingerprint density at radius 3 is 2.45 bits per heavy atom. The van der Waals surface area contributed by atoms with Crippen LogP contribution in [0.25, 0.3) is 0 Å². The average molecular weight is 761 g/mol. The lowest BCUT2D eigenvalue weighted by atomic mass is 9.44. The minimum Gasteiger partial charge on any atom is -0.461 e. The van der Waals surface area contributed by atoms with Gasteiger partial charge in [0.15, 0.2) is 0 Å². The van der Waals surface area contributed by atoms with E-state index < -0.39 is 33.1 Å². The second kappa shape index (κ2) is 14.8. The monoisotopic (exact) mass is 760 g/mol. The van der Waals surface area contributed by atoms with E-state index in [0.717, 1.165) is 35.4 Å². The first kappa shape index (κ1) is 39.0. The van der Waals surface area contributed by atoms with Crippen LogP contribution in [0.15, 0.2) is 77.0 Å². The molecule has 6 rings (SSSR count). The number of benzene rings is 2. The Balaban J connectivity index is 1.10. The highest BCUT2D eigenvalue weighted by molar-refractivity contribution is 8.00. The van der Waals surface area contributed by atoms with Crippen LogP contribution in [-0.4, -0.2) is 53.2 Å². The quantitative estimate of drug-likeness (QED) is 0.102. The maximum Gasteiger partial charge on any atom is 0.316 e. The molecule has 284 valence electrons. The Hall–Kier alpha value is -3.74. The topological polar surface area (TPSA) is 148 Å². The van der Waals surface area contributed by atoms with E-state index in [9.17, 15) is 23.1 Å². The zero-order valence-electron chi connectivity index (χ0n) is 31.5. The van der Waals surface area contributed by atoms with E-state index in [1.165, 1.54) is 23.9 Å². The first-order valence-corrected chi connectivity index (χ1v) is 20.9. The van der Waals surface area contributed by atoms with Gasteiger partial charge in [0.2, 0.25) is 5.95 Å². The lowest BCUT2D eigenvalue weighted by Crippen LogP contribution is -2.63. The van der Waals surface area contributed by atoms with Crippen LogP contribution in [0.2, 0.25) is 0 Å². The molecule has 0 amide bonds. The van der Waals surface area contributed by atoms with Gasteiger partial charge in [0.05, 0.1) is 16.8 Å². The van der Waals surface area contributed by atoms with E-state index in [1.807, 2.05) is 37.3 Å². The van der Waals surface area contributed by atoms with E-state index in [4.69, 9.17) is 4.74 Å². The molecule has 3 aliphatic carbocycles. The zero-order valence-corrected chi connectivity index (χ0v) is 33.1. The Kier molecular flexibility index (Phi) is 10.9. The van der Waals surface area contributed by atoms with Crippen molar-refractivity contribution < 1.29 is 27.9 Å². The fourth-order valence-electron chi connectivity index (χ4n) is 9.49. The van der Waals surface area contributed by atoms with Crippen molar-refractivity contribution in [2.75, 3.05) is 15.8 Å². The van der Waals surface area contributed by atoms with Crippen molar-refractivity contribution in [1.29, 1.82) is 0 Å². The lowest BCUT2D eigenvalue weighted by molar-refractivity contribution is -0.205. The summed E-state index contributed by atoms with van der Waals surface area (Å²) in [6, 6.07) is 16.1. The molecule has 10 nitrogen and oxygen atoms in total. The highest BCUT2D eigenvalue weighted by Crippen LogP contribution is 2.68. The van der Waals surface area contributed by atoms with Crippen LogP contribution in [0.5, 0.6) is 0 Å². The predicted molar refractivity (Wildman–Crippen MR) is 208 cm³/mol. The SMILES string of the molecule is C=C[C@]1(C)C[C@@H](OC(=O)CSc2cccc(CNc3ccc(S(=O)(=O)Nc4nc(C)cc(C)n4)cc3)c2)[C@]2(C)[C@H](C)CC[C@]3(CCC(=O)[C@H]32)[C@@H](C)[C@@H]1O. The van der Waals surface area contributed by atoms with Crippen molar-refractivity contribution in [3.63, 3.8) is 0 Å². The van der Waals surface area contributed by atoms with Gasteiger partial charge >= 0.3 is 5.97 Å². The number of nitrogens with one attached hydrogen (secondary N) is 2. The molecular formula is C41H52N4O6S2. The normalized spacial score (nSPS) is 31.2. The van der Waals surface area contributed by atoms with Crippen LogP contribution in [0, 0.1) is 47.8 Å². The Bertz CT molecular complexity index is 1970. The molecule has 3 saturated carbocycles. The molecule has 0 radical (unpaired) electrons. The number of rotatable bonds is 11. The number of anilines is 2. The van der Waals surface area contributed by atoms with Crippen LogP contribution < -0.4 is 10.0 Å². The molecule has 3 fully saturated rings. The zero-order chi connectivity index (χ0) is 38.3. The standard InChI is InChI=1S/C41H52N4O6S2/c1-8-39(6)22-34(40(7)25(2)16-18-41(28(5)37(39)48)19-17-33(46)36(40)41)51-35(47)24-52-31-11-9-10-29(21-31)23-42-30-12-14-32(15-13-30)53(49,50)45-38-43-26(3)20-27(4)44-38/h8-15,20-21,25,28,34,36-37,42,48H,1,16-19,22-24H2,2-7H3,(H,43,44,45)/t25-,28+,34-,36+,37+,39-,40+,41+/m1/s1. The number of aromatic nitrogens is 2. The van der Waals surface area contributed by atoms with Gasteiger partial charge in [-0.1, -0.05) is 45.9 Å². The molecule has 3 aromatic rings. The second-order valence-corrected chi connectivity index (χ2v) is 18.7.